The van der Waals surface area contributed by atoms with Gasteiger partial charge < -0.3 is 5.32 Å². The van der Waals surface area contributed by atoms with Gasteiger partial charge in [0.2, 0.25) is 0 Å². The molecular weight excluding hydrogens is 204 g/mol. The molecule has 0 aliphatic rings. The zero-order chi connectivity index (χ0) is 10.7. The van der Waals surface area contributed by atoms with Crippen LogP contribution in [0.15, 0.2) is 29.6 Å². The molecule has 0 bridgehead atoms. The summed E-state index contributed by atoms with van der Waals surface area (Å²) >= 11 is 1.70. The first-order chi connectivity index (χ1) is 7.25. The Labute approximate surface area is 94.0 Å². The molecule has 2 rings (SSSR count). The first kappa shape index (κ1) is 10.2. The van der Waals surface area contributed by atoms with Gasteiger partial charge in [-0.2, -0.15) is 0 Å². The highest BCUT2D eigenvalue weighted by Crippen LogP contribution is 2.16. The molecular formula is C12H14N2S. The van der Waals surface area contributed by atoms with E-state index in [-0.39, 0.29) is 0 Å². The molecule has 2 aromatic rings. The van der Waals surface area contributed by atoms with Gasteiger partial charge in [0.1, 0.15) is 5.01 Å². The topological polar surface area (TPSA) is 24.9 Å². The summed E-state index contributed by atoms with van der Waals surface area (Å²) in [5, 5.41) is 6.60. The molecule has 0 amide bonds. The van der Waals surface area contributed by atoms with Gasteiger partial charge in [-0.15, -0.1) is 11.3 Å². The maximum atomic E-state index is 4.41. The lowest BCUT2D eigenvalue weighted by atomic mass is 10.2. The molecule has 0 saturated heterocycles. The van der Waals surface area contributed by atoms with Crippen LogP contribution < -0.4 is 5.32 Å². The molecule has 0 radical (unpaired) electrons. The maximum absolute atomic E-state index is 4.41. The average molecular weight is 218 g/mol. The molecule has 78 valence electrons. The van der Waals surface area contributed by atoms with Gasteiger partial charge in [0.25, 0.3) is 0 Å². The molecule has 1 aromatic heterocycles. The predicted molar refractivity (Wildman–Crippen MR) is 65.4 cm³/mol. The Balaban J connectivity index is 2.02. The van der Waals surface area contributed by atoms with Crippen molar-refractivity contribution in [3.63, 3.8) is 0 Å². The van der Waals surface area contributed by atoms with Gasteiger partial charge in [0.15, 0.2) is 0 Å². The average Bonchev–Trinajstić information content (AvgIpc) is 2.63. The number of anilines is 1. The monoisotopic (exact) mass is 218 g/mol. The molecule has 0 saturated carbocycles. The molecule has 1 N–H and O–H groups in total. The van der Waals surface area contributed by atoms with Crippen molar-refractivity contribution < 1.29 is 0 Å². The van der Waals surface area contributed by atoms with E-state index in [4.69, 9.17) is 0 Å². The largest absolute Gasteiger partial charge is 0.378 e. The van der Waals surface area contributed by atoms with E-state index in [9.17, 15) is 0 Å². The second kappa shape index (κ2) is 4.45. The van der Waals surface area contributed by atoms with Crippen LogP contribution in [0.3, 0.4) is 0 Å². The predicted octanol–water partition coefficient (Wildman–Crippen LogP) is 3.37. The Morgan fingerprint density at radius 3 is 2.73 bits per heavy atom. The zero-order valence-corrected chi connectivity index (χ0v) is 9.77. The minimum atomic E-state index is 0.809. The molecule has 0 fully saturated rings. The van der Waals surface area contributed by atoms with Gasteiger partial charge in [-0.1, -0.05) is 18.2 Å². The fourth-order valence-electron chi connectivity index (χ4n) is 1.43. The fraction of sp³-hybridized carbons (Fsp3) is 0.250. The van der Waals surface area contributed by atoms with Crippen molar-refractivity contribution in [2.45, 2.75) is 20.4 Å². The van der Waals surface area contributed by atoms with Crippen LogP contribution in [0.1, 0.15) is 16.3 Å². The zero-order valence-electron chi connectivity index (χ0n) is 8.95. The van der Waals surface area contributed by atoms with Gasteiger partial charge in [-0.3, -0.25) is 0 Å². The Morgan fingerprint density at radius 2 is 2.07 bits per heavy atom. The number of benzene rings is 1. The third-order valence-corrected chi connectivity index (χ3v) is 3.21. The lowest BCUT2D eigenvalue weighted by molar-refractivity contribution is 1.07. The highest BCUT2D eigenvalue weighted by Gasteiger charge is 1.99. The van der Waals surface area contributed by atoms with Crippen LogP contribution in [0.4, 0.5) is 5.69 Å². The number of hydrogen-bond donors (Lipinski definition) is 1. The summed E-state index contributed by atoms with van der Waals surface area (Å²) in [5.74, 6) is 0. The number of nitrogens with one attached hydrogen (secondary N) is 1. The van der Waals surface area contributed by atoms with E-state index in [1.807, 2.05) is 19.1 Å². The number of aryl methyl sites for hydroxylation is 2. The van der Waals surface area contributed by atoms with Gasteiger partial charge in [-0.05, 0) is 25.5 Å². The van der Waals surface area contributed by atoms with Crippen LogP contribution in [0.2, 0.25) is 0 Å². The standard InChI is InChI=1S/C12H14N2S/c1-9-5-3-4-6-11(9)13-7-12-14-10(2)8-15-12/h3-6,8,13H,7H2,1-2H3. The molecule has 0 unspecified atom stereocenters. The van der Waals surface area contributed by atoms with Gasteiger partial charge in [-0.25, -0.2) is 4.98 Å². The molecule has 0 aliphatic heterocycles. The summed E-state index contributed by atoms with van der Waals surface area (Å²) in [6, 6.07) is 8.29. The van der Waals surface area contributed by atoms with Gasteiger partial charge in [0.05, 0.1) is 6.54 Å². The summed E-state index contributed by atoms with van der Waals surface area (Å²) in [4.78, 5) is 4.41. The summed E-state index contributed by atoms with van der Waals surface area (Å²) < 4.78 is 0. The van der Waals surface area contributed by atoms with Gasteiger partial charge in [0, 0.05) is 16.8 Å². The van der Waals surface area contributed by atoms with Crippen LogP contribution in [0.25, 0.3) is 0 Å². The van der Waals surface area contributed by atoms with E-state index in [1.54, 1.807) is 11.3 Å². The second-order valence-corrected chi connectivity index (χ2v) is 4.49. The minimum absolute atomic E-state index is 0.809. The summed E-state index contributed by atoms with van der Waals surface area (Å²) in [6.07, 6.45) is 0. The van der Waals surface area contributed by atoms with E-state index in [1.165, 1.54) is 11.3 Å². The van der Waals surface area contributed by atoms with Crippen molar-refractivity contribution in [1.82, 2.24) is 4.98 Å². The van der Waals surface area contributed by atoms with Crippen molar-refractivity contribution in [1.29, 1.82) is 0 Å². The van der Waals surface area contributed by atoms with E-state index < -0.39 is 0 Å². The number of hydrogen-bond acceptors (Lipinski definition) is 3. The van der Waals surface area contributed by atoms with Crippen LogP contribution >= 0.6 is 11.3 Å². The maximum Gasteiger partial charge on any atom is 0.112 e. The minimum Gasteiger partial charge on any atom is -0.378 e. The molecule has 15 heavy (non-hydrogen) atoms. The summed E-state index contributed by atoms with van der Waals surface area (Å²) in [5.41, 5.74) is 3.55. The van der Waals surface area contributed by atoms with E-state index in [0.717, 1.165) is 17.2 Å². The van der Waals surface area contributed by atoms with Crippen LogP contribution in [0, 0.1) is 13.8 Å². The van der Waals surface area contributed by atoms with E-state index >= 15 is 0 Å². The first-order valence-electron chi connectivity index (χ1n) is 4.96. The van der Waals surface area contributed by atoms with Crippen LogP contribution in [-0.4, -0.2) is 4.98 Å². The van der Waals surface area contributed by atoms with Crippen molar-refractivity contribution in [3.8, 4) is 0 Å². The molecule has 3 heteroatoms. The number of para-hydroxylation sites is 1. The lowest BCUT2D eigenvalue weighted by Gasteiger charge is -2.06. The van der Waals surface area contributed by atoms with Crippen molar-refractivity contribution in [2.24, 2.45) is 0 Å². The summed E-state index contributed by atoms with van der Waals surface area (Å²) in [6.45, 7) is 4.94. The van der Waals surface area contributed by atoms with Crippen molar-refractivity contribution >= 4 is 17.0 Å². The second-order valence-electron chi connectivity index (χ2n) is 3.55. The third-order valence-electron chi connectivity index (χ3n) is 2.24. The Kier molecular flexibility index (Phi) is 3.02. The van der Waals surface area contributed by atoms with Gasteiger partial charge >= 0.3 is 0 Å². The Morgan fingerprint density at radius 1 is 1.27 bits per heavy atom. The molecule has 0 spiro atoms. The number of rotatable bonds is 3. The first-order valence-corrected chi connectivity index (χ1v) is 5.84. The molecule has 2 nitrogen and oxygen atoms in total. The summed E-state index contributed by atoms with van der Waals surface area (Å²) in [7, 11) is 0. The fourth-order valence-corrected chi connectivity index (χ4v) is 2.14. The Hall–Kier alpha value is -1.35. The van der Waals surface area contributed by atoms with Crippen molar-refractivity contribution in [3.05, 3.63) is 45.9 Å². The molecule has 0 aliphatic carbocycles. The number of thiazole rings is 1. The SMILES string of the molecule is Cc1csc(CNc2ccccc2C)n1. The molecule has 1 heterocycles. The third kappa shape index (κ3) is 2.57. The van der Waals surface area contributed by atoms with Crippen LogP contribution in [0.5, 0.6) is 0 Å². The highest BCUT2D eigenvalue weighted by molar-refractivity contribution is 7.09. The Bertz CT molecular complexity index is 448. The number of aromatic nitrogens is 1. The number of nitrogens with zero attached hydrogens (tertiary/aromatic N) is 1. The molecule has 1 aromatic carbocycles. The van der Waals surface area contributed by atoms with E-state index in [2.05, 4.69) is 34.7 Å². The smallest absolute Gasteiger partial charge is 0.112 e. The normalized spacial score (nSPS) is 10.3. The van der Waals surface area contributed by atoms with Crippen molar-refractivity contribution in [2.75, 3.05) is 5.32 Å². The highest BCUT2D eigenvalue weighted by atomic mass is 32.1. The lowest BCUT2D eigenvalue weighted by Crippen LogP contribution is -2.00. The van der Waals surface area contributed by atoms with E-state index in [0.29, 0.717) is 0 Å². The van der Waals surface area contributed by atoms with Crippen LogP contribution in [-0.2, 0) is 6.54 Å². The quantitative estimate of drug-likeness (QED) is 0.854. The molecule has 0 atom stereocenters.